The number of carbonyl (C=O) groups is 2. The summed E-state index contributed by atoms with van der Waals surface area (Å²) in [6.45, 7) is 1.53. The van der Waals surface area contributed by atoms with Gasteiger partial charge in [0.1, 0.15) is 9.74 Å². The van der Waals surface area contributed by atoms with E-state index in [0.717, 1.165) is 0 Å². The predicted molar refractivity (Wildman–Crippen MR) is 62.0 cm³/mol. The number of aromatic nitrogens is 2. The maximum atomic E-state index is 11.6. The highest BCUT2D eigenvalue weighted by molar-refractivity contribution is 14.1. The Morgan fingerprint density at radius 1 is 1.67 bits per heavy atom. The molecular formula is C8H11IN4O2. The van der Waals surface area contributed by atoms with Gasteiger partial charge in [0.05, 0.1) is 11.8 Å². The van der Waals surface area contributed by atoms with E-state index in [4.69, 9.17) is 5.73 Å². The zero-order valence-electron chi connectivity index (χ0n) is 8.32. The van der Waals surface area contributed by atoms with Crippen molar-refractivity contribution in [2.45, 2.75) is 13.0 Å². The molecule has 15 heavy (non-hydrogen) atoms. The van der Waals surface area contributed by atoms with Crippen LogP contribution in [0.25, 0.3) is 0 Å². The Morgan fingerprint density at radius 2 is 2.27 bits per heavy atom. The van der Waals surface area contributed by atoms with E-state index in [1.807, 2.05) is 22.6 Å². The van der Waals surface area contributed by atoms with Crippen molar-refractivity contribution in [2.24, 2.45) is 12.8 Å². The lowest BCUT2D eigenvalue weighted by atomic mass is 10.3. The largest absolute Gasteiger partial charge is 0.368 e. The second-order valence-electron chi connectivity index (χ2n) is 3.07. The quantitative estimate of drug-likeness (QED) is 0.744. The minimum Gasteiger partial charge on any atom is -0.368 e. The van der Waals surface area contributed by atoms with Gasteiger partial charge in [0.15, 0.2) is 0 Å². The summed E-state index contributed by atoms with van der Waals surface area (Å²) in [6, 6.07) is -0.687. The van der Waals surface area contributed by atoms with Gasteiger partial charge in [-0.1, -0.05) is 0 Å². The molecule has 0 saturated carbocycles. The van der Waals surface area contributed by atoms with Crippen molar-refractivity contribution < 1.29 is 9.59 Å². The topological polar surface area (TPSA) is 90.0 Å². The Bertz CT molecular complexity index is 401. The minimum atomic E-state index is -0.687. The molecule has 6 nitrogen and oxygen atoms in total. The van der Waals surface area contributed by atoms with Gasteiger partial charge in [0, 0.05) is 7.05 Å². The van der Waals surface area contributed by atoms with Crippen LogP contribution in [-0.4, -0.2) is 27.6 Å². The van der Waals surface area contributed by atoms with Gasteiger partial charge in [0.25, 0.3) is 5.91 Å². The highest BCUT2D eigenvalue weighted by Gasteiger charge is 2.17. The van der Waals surface area contributed by atoms with Crippen molar-refractivity contribution in [1.29, 1.82) is 0 Å². The van der Waals surface area contributed by atoms with Crippen molar-refractivity contribution >= 4 is 34.4 Å². The molecule has 1 aromatic rings. The zero-order chi connectivity index (χ0) is 11.6. The normalized spacial score (nSPS) is 12.2. The van der Waals surface area contributed by atoms with Crippen LogP contribution < -0.4 is 11.1 Å². The zero-order valence-corrected chi connectivity index (χ0v) is 10.5. The number of nitrogens with one attached hydrogen (secondary N) is 1. The van der Waals surface area contributed by atoms with Gasteiger partial charge < -0.3 is 11.1 Å². The molecule has 0 fully saturated rings. The number of halogens is 1. The van der Waals surface area contributed by atoms with Crippen LogP contribution in [0, 0.1) is 3.70 Å². The van der Waals surface area contributed by atoms with E-state index in [1.54, 1.807) is 11.7 Å². The third-order valence-corrected chi connectivity index (χ3v) is 3.16. The molecule has 3 N–H and O–H groups in total. The molecule has 2 amide bonds. The van der Waals surface area contributed by atoms with Crippen molar-refractivity contribution in [3.05, 3.63) is 15.5 Å². The van der Waals surface area contributed by atoms with Crippen LogP contribution in [0.5, 0.6) is 0 Å². The molecule has 0 spiro atoms. The summed E-state index contributed by atoms with van der Waals surface area (Å²) in [6.07, 6.45) is 1.45. The van der Waals surface area contributed by atoms with Gasteiger partial charge in [-0.05, 0) is 29.5 Å². The Balaban J connectivity index is 2.78. The lowest BCUT2D eigenvalue weighted by Gasteiger charge is -2.08. The van der Waals surface area contributed by atoms with E-state index in [9.17, 15) is 9.59 Å². The predicted octanol–water partition coefficient (Wildman–Crippen LogP) is -0.372. The average Bonchev–Trinajstić information content (AvgIpc) is 2.47. The Morgan fingerprint density at radius 3 is 2.67 bits per heavy atom. The molecule has 1 heterocycles. The molecule has 7 heteroatoms. The average molecular weight is 322 g/mol. The molecular weight excluding hydrogens is 311 g/mol. The van der Waals surface area contributed by atoms with E-state index in [-0.39, 0.29) is 5.91 Å². The standard InChI is InChI=1S/C8H11IN4O2/c1-4(7(10)14)12-8(15)5-3-11-13(2)6(5)9/h3-4H,1-2H3,(H2,10,14)(H,12,15)/t4-/m0/s1. The van der Waals surface area contributed by atoms with Crippen LogP contribution in [0.15, 0.2) is 6.20 Å². The summed E-state index contributed by atoms with van der Waals surface area (Å²) < 4.78 is 2.28. The smallest absolute Gasteiger partial charge is 0.256 e. The summed E-state index contributed by atoms with van der Waals surface area (Å²) in [5.74, 6) is -0.916. The van der Waals surface area contributed by atoms with Crippen LogP contribution in [0.3, 0.4) is 0 Å². The van der Waals surface area contributed by atoms with E-state index in [0.29, 0.717) is 9.26 Å². The number of carbonyl (C=O) groups excluding carboxylic acids is 2. The summed E-state index contributed by atoms with van der Waals surface area (Å²) in [5.41, 5.74) is 5.47. The van der Waals surface area contributed by atoms with Crippen LogP contribution in [0.2, 0.25) is 0 Å². The molecule has 1 atom stereocenters. The first kappa shape index (κ1) is 12.0. The number of nitrogens with two attached hydrogens (primary N) is 1. The first-order valence-electron chi connectivity index (χ1n) is 4.21. The maximum Gasteiger partial charge on any atom is 0.256 e. The first-order valence-corrected chi connectivity index (χ1v) is 5.29. The van der Waals surface area contributed by atoms with E-state index < -0.39 is 11.9 Å². The van der Waals surface area contributed by atoms with E-state index in [2.05, 4.69) is 10.4 Å². The Labute approximate surface area is 100 Å². The Hall–Kier alpha value is -1.12. The lowest BCUT2D eigenvalue weighted by molar-refractivity contribution is -0.119. The van der Waals surface area contributed by atoms with E-state index in [1.165, 1.54) is 13.1 Å². The van der Waals surface area contributed by atoms with Crippen LogP contribution in [0.4, 0.5) is 0 Å². The number of aryl methyl sites for hydroxylation is 1. The fraction of sp³-hybridized carbons (Fsp3) is 0.375. The highest BCUT2D eigenvalue weighted by atomic mass is 127. The monoisotopic (exact) mass is 322 g/mol. The summed E-state index contributed by atoms with van der Waals surface area (Å²) >= 11 is 2.00. The molecule has 0 aromatic carbocycles. The number of nitrogens with zero attached hydrogens (tertiary/aromatic N) is 2. The van der Waals surface area contributed by atoms with Gasteiger partial charge in [-0.15, -0.1) is 0 Å². The second kappa shape index (κ2) is 4.60. The van der Waals surface area contributed by atoms with Crippen molar-refractivity contribution in [3.8, 4) is 0 Å². The van der Waals surface area contributed by atoms with Crippen molar-refractivity contribution in [2.75, 3.05) is 0 Å². The van der Waals surface area contributed by atoms with Crippen molar-refractivity contribution in [3.63, 3.8) is 0 Å². The Kier molecular flexibility index (Phi) is 3.66. The van der Waals surface area contributed by atoms with Gasteiger partial charge in [-0.25, -0.2) is 0 Å². The van der Waals surface area contributed by atoms with Crippen LogP contribution >= 0.6 is 22.6 Å². The molecule has 1 aromatic heterocycles. The first-order chi connectivity index (χ1) is 6.93. The number of hydrogen-bond donors (Lipinski definition) is 2. The summed E-state index contributed by atoms with van der Waals surface area (Å²) in [7, 11) is 1.73. The molecule has 0 aliphatic heterocycles. The fourth-order valence-electron chi connectivity index (χ4n) is 0.920. The molecule has 0 bridgehead atoms. The van der Waals surface area contributed by atoms with Gasteiger partial charge in [-0.3, -0.25) is 14.3 Å². The van der Waals surface area contributed by atoms with Crippen LogP contribution in [-0.2, 0) is 11.8 Å². The summed E-state index contributed by atoms with van der Waals surface area (Å²) in [5, 5.41) is 6.40. The third kappa shape index (κ3) is 2.67. The highest BCUT2D eigenvalue weighted by Crippen LogP contribution is 2.10. The molecule has 0 radical (unpaired) electrons. The molecule has 82 valence electrons. The fourth-order valence-corrected chi connectivity index (χ4v) is 1.43. The minimum absolute atomic E-state index is 0.348. The number of amides is 2. The van der Waals surface area contributed by atoms with Gasteiger partial charge in [-0.2, -0.15) is 5.10 Å². The lowest BCUT2D eigenvalue weighted by Crippen LogP contribution is -2.42. The third-order valence-electron chi connectivity index (χ3n) is 1.89. The molecule has 0 aliphatic carbocycles. The SMILES string of the molecule is C[C@H](NC(=O)c1cnn(C)c1I)C(N)=O. The van der Waals surface area contributed by atoms with E-state index >= 15 is 0 Å². The molecule has 0 unspecified atom stereocenters. The molecule has 0 saturated heterocycles. The number of primary amides is 1. The molecule has 1 rings (SSSR count). The number of hydrogen-bond acceptors (Lipinski definition) is 3. The van der Waals surface area contributed by atoms with Crippen LogP contribution in [0.1, 0.15) is 17.3 Å². The van der Waals surface area contributed by atoms with Gasteiger partial charge in [0.2, 0.25) is 5.91 Å². The number of rotatable bonds is 3. The van der Waals surface area contributed by atoms with Crippen molar-refractivity contribution in [1.82, 2.24) is 15.1 Å². The molecule has 0 aliphatic rings. The second-order valence-corrected chi connectivity index (χ2v) is 4.09. The van der Waals surface area contributed by atoms with Gasteiger partial charge >= 0.3 is 0 Å². The summed E-state index contributed by atoms with van der Waals surface area (Å²) in [4.78, 5) is 22.4. The maximum absolute atomic E-state index is 11.6.